The Morgan fingerprint density at radius 2 is 2.38 bits per heavy atom. The highest BCUT2D eigenvalue weighted by Crippen LogP contribution is 2.17. The first kappa shape index (κ1) is 13.9. The number of rotatable bonds is 5. The maximum Gasteiger partial charge on any atom is 0.438 e. The van der Waals surface area contributed by atoms with E-state index in [4.69, 9.17) is 4.94 Å². The van der Waals surface area contributed by atoms with Crippen LogP contribution in [0.1, 0.15) is 11.9 Å². The van der Waals surface area contributed by atoms with Gasteiger partial charge in [-0.05, 0) is 5.17 Å². The standard InChI is InChI=1S/C8H11N7O5S/c16-8-12-7(13-19-8)6-5-10-20-15(6)9-1-3-14-4-2-11-21(14,17)18/h2,5-6,9H,1,3-4H2,(H,12,13,16). The van der Waals surface area contributed by atoms with Gasteiger partial charge in [-0.2, -0.15) is 17.1 Å². The van der Waals surface area contributed by atoms with E-state index in [9.17, 15) is 13.2 Å². The first-order valence-corrected chi connectivity index (χ1v) is 7.29. The van der Waals surface area contributed by atoms with Gasteiger partial charge in [0, 0.05) is 19.3 Å². The van der Waals surface area contributed by atoms with Gasteiger partial charge in [-0.3, -0.25) is 14.4 Å². The van der Waals surface area contributed by atoms with Crippen LogP contribution >= 0.6 is 0 Å². The van der Waals surface area contributed by atoms with Crippen molar-refractivity contribution in [3.05, 3.63) is 16.4 Å². The van der Waals surface area contributed by atoms with Crippen LogP contribution < -0.4 is 11.2 Å². The van der Waals surface area contributed by atoms with Gasteiger partial charge in [0.25, 0.3) is 0 Å². The van der Waals surface area contributed by atoms with Crippen molar-refractivity contribution in [2.75, 3.05) is 19.6 Å². The van der Waals surface area contributed by atoms with Crippen LogP contribution in [-0.4, -0.2) is 60.1 Å². The minimum Gasteiger partial charge on any atom is -0.296 e. The second-order valence-electron chi connectivity index (χ2n) is 4.12. The molecule has 1 aromatic heterocycles. The van der Waals surface area contributed by atoms with Crippen LogP contribution in [-0.2, 0) is 15.1 Å². The third-order valence-electron chi connectivity index (χ3n) is 2.78. The van der Waals surface area contributed by atoms with Gasteiger partial charge in [-0.15, -0.1) is 0 Å². The Balaban J connectivity index is 1.55. The zero-order chi connectivity index (χ0) is 14.9. The van der Waals surface area contributed by atoms with Gasteiger partial charge < -0.3 is 0 Å². The summed E-state index contributed by atoms with van der Waals surface area (Å²) in [5, 5.41) is 8.34. The lowest BCUT2D eigenvalue weighted by Gasteiger charge is -2.20. The number of hydroxylamine groups is 1. The van der Waals surface area contributed by atoms with Crippen LogP contribution in [0.4, 0.5) is 0 Å². The lowest BCUT2D eigenvalue weighted by Crippen LogP contribution is -2.43. The summed E-state index contributed by atoms with van der Waals surface area (Å²) < 4.78 is 31.9. The number of hydrogen-bond acceptors (Lipinski definition) is 9. The van der Waals surface area contributed by atoms with E-state index in [1.54, 1.807) is 0 Å². The summed E-state index contributed by atoms with van der Waals surface area (Å²) in [6.07, 6.45) is 2.73. The second kappa shape index (κ2) is 5.36. The molecule has 0 fully saturated rings. The molecular formula is C8H11N7O5S. The van der Waals surface area contributed by atoms with Gasteiger partial charge in [0.05, 0.1) is 12.8 Å². The summed E-state index contributed by atoms with van der Waals surface area (Å²) in [6, 6.07) is -0.581. The summed E-state index contributed by atoms with van der Waals surface area (Å²) in [6.45, 7) is 0.691. The lowest BCUT2D eigenvalue weighted by molar-refractivity contribution is -0.193. The zero-order valence-electron chi connectivity index (χ0n) is 10.5. The van der Waals surface area contributed by atoms with Gasteiger partial charge in [0.1, 0.15) is 0 Å². The highest BCUT2D eigenvalue weighted by Gasteiger charge is 2.30. The van der Waals surface area contributed by atoms with Crippen molar-refractivity contribution in [2.24, 2.45) is 9.55 Å². The fourth-order valence-corrected chi connectivity index (χ4v) is 2.76. The summed E-state index contributed by atoms with van der Waals surface area (Å²) in [5.41, 5.74) is 2.82. The van der Waals surface area contributed by atoms with Crippen molar-refractivity contribution >= 4 is 22.6 Å². The van der Waals surface area contributed by atoms with Crippen LogP contribution in [0, 0.1) is 0 Å². The number of hydrazine groups is 1. The van der Waals surface area contributed by atoms with Gasteiger partial charge in [0.15, 0.2) is 11.9 Å². The van der Waals surface area contributed by atoms with Crippen LogP contribution in [0.5, 0.6) is 0 Å². The number of aromatic nitrogens is 2. The molecule has 1 unspecified atom stereocenters. The normalized spacial score (nSPS) is 24.7. The number of nitrogens with zero attached hydrogens (tertiary/aromatic N) is 5. The molecule has 2 N–H and O–H groups in total. The van der Waals surface area contributed by atoms with Crippen LogP contribution in [0.15, 0.2) is 18.9 Å². The Labute approximate surface area is 118 Å². The maximum atomic E-state index is 11.4. The molecule has 2 aliphatic heterocycles. The summed E-state index contributed by atoms with van der Waals surface area (Å²) in [5.74, 6) is -0.476. The number of oxime groups is 1. The molecular weight excluding hydrogens is 306 g/mol. The van der Waals surface area contributed by atoms with Crippen molar-refractivity contribution in [2.45, 2.75) is 6.04 Å². The Morgan fingerprint density at radius 3 is 3.05 bits per heavy atom. The van der Waals surface area contributed by atoms with E-state index in [0.29, 0.717) is 0 Å². The van der Waals surface area contributed by atoms with Gasteiger partial charge in [0.2, 0.25) is 0 Å². The molecule has 0 bridgehead atoms. The Hall–Kier alpha value is -2.09. The van der Waals surface area contributed by atoms with E-state index in [0.717, 1.165) is 0 Å². The van der Waals surface area contributed by atoms with E-state index in [1.807, 2.05) is 0 Å². The predicted octanol–water partition coefficient (Wildman–Crippen LogP) is -2.23. The molecule has 0 aliphatic carbocycles. The molecule has 21 heavy (non-hydrogen) atoms. The van der Waals surface area contributed by atoms with E-state index in [2.05, 4.69) is 29.6 Å². The summed E-state index contributed by atoms with van der Waals surface area (Å²) in [7, 11) is -3.55. The monoisotopic (exact) mass is 317 g/mol. The third-order valence-corrected chi connectivity index (χ3v) is 4.17. The molecule has 114 valence electrons. The number of aromatic amines is 1. The topological polar surface area (TPSA) is 145 Å². The minimum absolute atomic E-state index is 0.199. The highest BCUT2D eigenvalue weighted by molar-refractivity contribution is 7.88. The van der Waals surface area contributed by atoms with Gasteiger partial charge in [-0.25, -0.2) is 10.2 Å². The SMILES string of the molecule is O=c1[nH]c(C2C=NON2NCCN2CC=NS2(=O)=O)no1. The molecule has 0 saturated carbocycles. The van der Waals surface area contributed by atoms with Crippen molar-refractivity contribution in [3.63, 3.8) is 0 Å². The first-order valence-electron chi connectivity index (χ1n) is 5.89. The average molecular weight is 317 g/mol. The molecule has 12 nitrogen and oxygen atoms in total. The molecule has 1 atom stereocenters. The van der Waals surface area contributed by atoms with Crippen LogP contribution in [0.25, 0.3) is 0 Å². The first-order chi connectivity index (χ1) is 10.1. The fraction of sp³-hybridized carbons (Fsp3) is 0.500. The quantitative estimate of drug-likeness (QED) is 0.620. The van der Waals surface area contributed by atoms with E-state index >= 15 is 0 Å². The van der Waals surface area contributed by atoms with Gasteiger partial charge in [-0.1, -0.05) is 10.3 Å². The van der Waals surface area contributed by atoms with Crippen molar-refractivity contribution < 1.29 is 17.9 Å². The van der Waals surface area contributed by atoms with E-state index < -0.39 is 22.0 Å². The second-order valence-corrected chi connectivity index (χ2v) is 5.74. The van der Waals surface area contributed by atoms with Crippen molar-refractivity contribution in [3.8, 4) is 0 Å². The van der Waals surface area contributed by atoms with Gasteiger partial charge >= 0.3 is 16.0 Å². The molecule has 1 aromatic rings. The van der Waals surface area contributed by atoms with E-state index in [1.165, 1.54) is 21.9 Å². The Kier molecular flexibility index (Phi) is 3.54. The van der Waals surface area contributed by atoms with Crippen LogP contribution in [0.2, 0.25) is 0 Å². The van der Waals surface area contributed by atoms with Crippen molar-refractivity contribution in [1.82, 2.24) is 25.0 Å². The molecule has 2 aliphatic rings. The van der Waals surface area contributed by atoms with Crippen LogP contribution in [0.3, 0.4) is 0 Å². The molecule has 0 spiro atoms. The predicted molar refractivity (Wildman–Crippen MR) is 68.3 cm³/mol. The molecule has 3 rings (SSSR count). The largest absolute Gasteiger partial charge is 0.438 e. The highest BCUT2D eigenvalue weighted by atomic mass is 32.2. The molecule has 0 saturated heterocycles. The van der Waals surface area contributed by atoms with Crippen molar-refractivity contribution in [1.29, 1.82) is 0 Å². The average Bonchev–Trinajstić information content (AvgIpc) is 3.11. The minimum atomic E-state index is -3.55. The molecule has 0 amide bonds. The molecule has 0 radical (unpaired) electrons. The maximum absolute atomic E-state index is 11.4. The molecule has 3 heterocycles. The summed E-state index contributed by atoms with van der Waals surface area (Å²) in [4.78, 5) is 18.2. The zero-order valence-corrected chi connectivity index (χ0v) is 11.4. The number of H-pyrrole nitrogens is 1. The van der Waals surface area contributed by atoms with E-state index in [-0.39, 0.29) is 25.5 Å². The molecule has 0 aromatic carbocycles. The lowest BCUT2D eigenvalue weighted by atomic mass is 10.3. The summed E-state index contributed by atoms with van der Waals surface area (Å²) >= 11 is 0. The Bertz CT molecular complexity index is 721. The Morgan fingerprint density at radius 1 is 1.52 bits per heavy atom. The fourth-order valence-electron chi connectivity index (χ4n) is 1.80. The number of hydrogen-bond donors (Lipinski definition) is 2. The number of nitrogens with one attached hydrogen (secondary N) is 2. The third kappa shape index (κ3) is 2.85. The smallest absolute Gasteiger partial charge is 0.296 e. The molecule has 13 heteroatoms.